The van der Waals surface area contributed by atoms with Gasteiger partial charge in [-0.3, -0.25) is 0 Å². The molecule has 8 aromatic carbocycles. The van der Waals surface area contributed by atoms with Crippen LogP contribution in [-0.2, 0) is 32.6 Å². The molecule has 0 aliphatic rings. The summed E-state index contributed by atoms with van der Waals surface area (Å²) in [5, 5.41) is 10.8. The smallest absolute Gasteiger partial charge is 1.00 e. The van der Waals surface area contributed by atoms with Gasteiger partial charge in [0.2, 0.25) is 0 Å². The molecule has 0 fully saturated rings. The van der Waals surface area contributed by atoms with Crippen molar-refractivity contribution in [1.29, 1.82) is 0 Å². The number of hydrogen-bond donors (Lipinski definition) is 0. The number of rotatable bonds is 6. The van der Waals surface area contributed by atoms with E-state index in [1.54, 1.807) is 0 Å². The topological polar surface area (TPSA) is 0 Å². The molecule has 0 N–H and O–H groups in total. The Morgan fingerprint density at radius 1 is 0.551 bits per heavy atom. The van der Waals surface area contributed by atoms with Crippen molar-refractivity contribution in [3.8, 4) is 22.3 Å². The normalized spacial score (nSPS) is 10.8. The Morgan fingerprint density at radius 3 is 1.67 bits per heavy atom. The van der Waals surface area contributed by atoms with Crippen LogP contribution in [0.2, 0.25) is 0 Å². The van der Waals surface area contributed by atoms with Crippen LogP contribution in [0.1, 0.15) is 56.2 Å². The van der Waals surface area contributed by atoms with Crippen LogP contribution in [0, 0.1) is 6.92 Å². The molecule has 0 bridgehead atoms. The van der Waals surface area contributed by atoms with Gasteiger partial charge in [-0.2, -0.15) is 12.1 Å². The maximum Gasteiger partial charge on any atom is 4.00 e. The van der Waals surface area contributed by atoms with E-state index in [0.717, 1.165) is 0 Å². The van der Waals surface area contributed by atoms with Gasteiger partial charge in [0.15, 0.2) is 0 Å². The third kappa shape index (κ3) is 7.81. The first-order chi connectivity index (χ1) is 22.5. The van der Waals surface area contributed by atoms with Crippen molar-refractivity contribution in [1.82, 2.24) is 0 Å². The largest absolute Gasteiger partial charge is 4.00 e. The van der Waals surface area contributed by atoms with Gasteiger partial charge in [0.25, 0.3) is 0 Å². The molecule has 0 aliphatic carbocycles. The summed E-state index contributed by atoms with van der Waals surface area (Å²) in [6, 6.07) is 51.2. The van der Waals surface area contributed by atoms with Gasteiger partial charge in [-0.05, 0) is 45.0 Å². The first-order valence-electron chi connectivity index (χ1n) is 16.9. The predicted molar refractivity (Wildman–Crippen MR) is 202 cm³/mol. The summed E-state index contributed by atoms with van der Waals surface area (Å²) in [5.74, 6) is 0.563. The molecule has 8 rings (SSSR count). The van der Waals surface area contributed by atoms with E-state index in [-0.39, 0.29) is 51.0 Å². The Labute approximate surface area is 323 Å². The van der Waals surface area contributed by atoms with Gasteiger partial charge >= 0.3 is 26.2 Å². The Bertz CT molecular complexity index is 2290. The fourth-order valence-electron chi connectivity index (χ4n) is 7.01. The fourth-order valence-corrected chi connectivity index (χ4v) is 7.01. The van der Waals surface area contributed by atoms with Crippen LogP contribution in [0.25, 0.3) is 65.3 Å². The molecule has 0 unspecified atom stereocenters. The van der Waals surface area contributed by atoms with Crippen LogP contribution in [-0.4, -0.2) is 0 Å². The Kier molecular flexibility index (Phi) is 13.3. The number of benzene rings is 6. The zero-order valence-corrected chi connectivity index (χ0v) is 32.7. The van der Waals surface area contributed by atoms with Gasteiger partial charge in [-0.1, -0.05) is 149 Å². The van der Waals surface area contributed by atoms with Gasteiger partial charge in [0.05, 0.1) is 0 Å². The molecule has 0 saturated carbocycles. The third-order valence-electron chi connectivity index (χ3n) is 9.58. The standard InChI is InChI=1S/C24H23.C22H19.2ClH.Zr/c1-3-4-8-18-15-23-17(2)13-14-22(24(23)16-18)21-12-7-10-19-9-5-6-11-20(19)21;1-15(2)18-13-17-9-6-12-21(22(17)14-18)20-11-5-8-16-7-3-4-10-19(16)20;;;/h5-7,9-16H,3-4,8H2,1-2H3;3-15H,1-2H3;2*1H;/q2*-1;;;+4/p-2. The van der Waals surface area contributed by atoms with E-state index in [4.69, 9.17) is 0 Å². The first kappa shape index (κ1) is 38.3. The molecule has 0 nitrogen and oxygen atoms in total. The van der Waals surface area contributed by atoms with E-state index < -0.39 is 0 Å². The van der Waals surface area contributed by atoms with Gasteiger partial charge in [0.1, 0.15) is 0 Å². The van der Waals surface area contributed by atoms with Crippen molar-refractivity contribution in [3.05, 3.63) is 156 Å². The van der Waals surface area contributed by atoms with E-state index in [1.807, 2.05) is 0 Å². The average Bonchev–Trinajstić information content (AvgIpc) is 3.73. The molecule has 8 aromatic rings. The van der Waals surface area contributed by atoms with Gasteiger partial charge in [-0.25, -0.2) is 0 Å². The molecule has 244 valence electrons. The second-order valence-corrected chi connectivity index (χ2v) is 13.0. The minimum atomic E-state index is 0. The number of fused-ring (bicyclic) bond motifs is 4. The minimum absolute atomic E-state index is 0. The van der Waals surface area contributed by atoms with Crippen molar-refractivity contribution in [2.75, 3.05) is 0 Å². The SMILES string of the molecule is CC(C)c1cc2c(-c3cccc4ccccc34)cccc2[cH-]1.CCCCc1cc2c(-c3cccc4ccccc34)ccc(C)c2[cH-]1.[Cl-].[Cl-].[Zr+4]. The average molecular weight is 757 g/mol. The maximum atomic E-state index is 2.41. The Morgan fingerprint density at radius 2 is 1.08 bits per heavy atom. The third-order valence-corrected chi connectivity index (χ3v) is 9.58. The monoisotopic (exact) mass is 754 g/mol. The van der Waals surface area contributed by atoms with Gasteiger partial charge < -0.3 is 24.8 Å². The molecule has 0 aromatic heterocycles. The molecule has 0 aliphatic heterocycles. The van der Waals surface area contributed by atoms with E-state index in [1.165, 1.54) is 101 Å². The Hall–Kier alpha value is -3.48. The van der Waals surface area contributed by atoms with Crippen LogP contribution in [0.4, 0.5) is 0 Å². The summed E-state index contributed by atoms with van der Waals surface area (Å²) in [4.78, 5) is 0. The van der Waals surface area contributed by atoms with Crippen LogP contribution >= 0.6 is 0 Å². The number of hydrogen-bond acceptors (Lipinski definition) is 0. The molecule has 3 heteroatoms. The molecule has 0 atom stereocenters. The predicted octanol–water partition coefficient (Wildman–Crippen LogP) is 7.54. The molecule has 0 amide bonds. The van der Waals surface area contributed by atoms with E-state index in [2.05, 4.69) is 167 Å². The Balaban J connectivity index is 0.000000209. The van der Waals surface area contributed by atoms with Crippen molar-refractivity contribution in [3.63, 3.8) is 0 Å². The summed E-state index contributed by atoms with van der Waals surface area (Å²) >= 11 is 0. The van der Waals surface area contributed by atoms with Crippen molar-refractivity contribution >= 4 is 43.1 Å². The molecular weight excluding hydrogens is 715 g/mol. The zero-order valence-electron chi connectivity index (χ0n) is 28.7. The number of unbranched alkanes of at least 4 members (excludes halogenated alkanes) is 1. The quantitative estimate of drug-likeness (QED) is 0.154. The van der Waals surface area contributed by atoms with Crippen molar-refractivity contribution < 1.29 is 51.0 Å². The molecule has 49 heavy (non-hydrogen) atoms. The molecule has 0 heterocycles. The van der Waals surface area contributed by atoms with E-state index in [9.17, 15) is 0 Å². The first-order valence-corrected chi connectivity index (χ1v) is 16.9. The van der Waals surface area contributed by atoms with Gasteiger partial charge in [-0.15, -0.1) is 68.6 Å². The number of aryl methyl sites for hydroxylation is 2. The summed E-state index contributed by atoms with van der Waals surface area (Å²) in [7, 11) is 0. The van der Waals surface area contributed by atoms with Gasteiger partial charge in [0, 0.05) is 0 Å². The molecule has 0 radical (unpaired) electrons. The number of halogens is 2. The van der Waals surface area contributed by atoms with Crippen LogP contribution in [0.15, 0.2) is 140 Å². The maximum absolute atomic E-state index is 2.41. The molecular formula is C46H42Cl2Zr. The summed E-state index contributed by atoms with van der Waals surface area (Å²) in [6.07, 6.45) is 3.69. The van der Waals surface area contributed by atoms with Crippen molar-refractivity contribution in [2.24, 2.45) is 0 Å². The summed E-state index contributed by atoms with van der Waals surface area (Å²) in [5.41, 5.74) is 9.62. The second-order valence-electron chi connectivity index (χ2n) is 13.0. The fraction of sp³-hybridized carbons (Fsp3) is 0.174. The summed E-state index contributed by atoms with van der Waals surface area (Å²) in [6.45, 7) is 8.99. The van der Waals surface area contributed by atoms with Crippen LogP contribution in [0.5, 0.6) is 0 Å². The summed E-state index contributed by atoms with van der Waals surface area (Å²) < 4.78 is 0. The van der Waals surface area contributed by atoms with E-state index >= 15 is 0 Å². The zero-order chi connectivity index (χ0) is 31.6. The van der Waals surface area contributed by atoms with E-state index in [0.29, 0.717) is 5.92 Å². The van der Waals surface area contributed by atoms with Crippen LogP contribution < -0.4 is 24.8 Å². The molecule has 0 spiro atoms. The second kappa shape index (κ2) is 17.0. The van der Waals surface area contributed by atoms with Crippen molar-refractivity contribution in [2.45, 2.75) is 52.9 Å². The van der Waals surface area contributed by atoms with Crippen LogP contribution in [0.3, 0.4) is 0 Å². The minimum Gasteiger partial charge on any atom is -1.00 e. The molecule has 0 saturated heterocycles.